The van der Waals surface area contributed by atoms with E-state index in [0.29, 0.717) is 5.56 Å². The molecule has 0 fully saturated rings. The number of pyridine rings is 1. The van der Waals surface area contributed by atoms with Gasteiger partial charge in [0.25, 0.3) is 5.91 Å². The fourth-order valence-corrected chi connectivity index (χ4v) is 1.31. The number of aromatic nitrogens is 1. The molecule has 1 aromatic heterocycles. The zero-order valence-corrected chi connectivity index (χ0v) is 7.40. The first-order valence-electron chi connectivity index (χ1n) is 4.16. The third-order valence-corrected chi connectivity index (χ3v) is 2.03. The Bertz CT molecular complexity index is 482. The van der Waals surface area contributed by atoms with E-state index in [4.69, 9.17) is 5.84 Å². The number of nitrogens with zero attached hydrogens (tertiary/aromatic N) is 1. The Morgan fingerprint density at radius 3 is 2.93 bits per heavy atom. The second-order valence-electron chi connectivity index (χ2n) is 2.91. The van der Waals surface area contributed by atoms with E-state index < -0.39 is 0 Å². The molecular formula is C10H9N3O. The second kappa shape index (κ2) is 3.43. The Kier molecular flexibility index (Phi) is 2.12. The quantitative estimate of drug-likeness (QED) is 0.395. The van der Waals surface area contributed by atoms with Crippen molar-refractivity contribution in [3.63, 3.8) is 0 Å². The monoisotopic (exact) mass is 187 g/mol. The van der Waals surface area contributed by atoms with Crippen LogP contribution >= 0.6 is 0 Å². The lowest BCUT2D eigenvalue weighted by Crippen LogP contribution is -2.29. The molecule has 2 aromatic rings. The SMILES string of the molecule is NNC(=O)c1ccc2ccncc2c1. The fraction of sp³-hybridized carbons (Fsp3) is 0. The molecule has 0 radical (unpaired) electrons. The predicted octanol–water partition coefficient (Wildman–Crippen LogP) is 0.838. The van der Waals surface area contributed by atoms with Crippen molar-refractivity contribution in [1.82, 2.24) is 10.4 Å². The number of hydrogen-bond acceptors (Lipinski definition) is 3. The van der Waals surface area contributed by atoms with Gasteiger partial charge in [-0.05, 0) is 23.6 Å². The molecule has 3 N–H and O–H groups in total. The summed E-state index contributed by atoms with van der Waals surface area (Å²) in [6.45, 7) is 0. The number of nitrogen functional groups attached to an aromatic ring is 1. The minimum Gasteiger partial charge on any atom is -0.290 e. The van der Waals surface area contributed by atoms with Crippen molar-refractivity contribution in [3.8, 4) is 0 Å². The highest BCUT2D eigenvalue weighted by molar-refractivity contribution is 5.98. The first-order valence-corrected chi connectivity index (χ1v) is 4.16. The molecule has 0 bridgehead atoms. The highest BCUT2D eigenvalue weighted by atomic mass is 16.2. The maximum atomic E-state index is 11.2. The molecule has 0 aliphatic carbocycles. The first-order chi connectivity index (χ1) is 6.81. The van der Waals surface area contributed by atoms with Crippen LogP contribution in [0, 0.1) is 0 Å². The van der Waals surface area contributed by atoms with Crippen LogP contribution in [0.5, 0.6) is 0 Å². The number of amides is 1. The van der Waals surface area contributed by atoms with Crippen LogP contribution < -0.4 is 11.3 Å². The molecule has 1 amide bonds. The third kappa shape index (κ3) is 1.43. The molecule has 0 atom stereocenters. The Balaban J connectivity index is 2.56. The number of carbonyl (C=O) groups excluding carboxylic acids is 1. The molecule has 4 heteroatoms. The number of rotatable bonds is 1. The number of fused-ring (bicyclic) bond motifs is 1. The lowest BCUT2D eigenvalue weighted by Gasteiger charge is -2.01. The summed E-state index contributed by atoms with van der Waals surface area (Å²) in [6.07, 6.45) is 3.42. The standard InChI is InChI=1S/C10H9N3O/c11-13-10(14)8-2-1-7-3-4-12-6-9(7)5-8/h1-6H,11H2,(H,13,14). The van der Waals surface area contributed by atoms with E-state index in [-0.39, 0.29) is 5.91 Å². The average Bonchev–Trinajstić information content (AvgIpc) is 2.27. The van der Waals surface area contributed by atoms with E-state index in [2.05, 4.69) is 10.4 Å². The summed E-state index contributed by atoms with van der Waals surface area (Å²) in [6, 6.07) is 7.23. The lowest BCUT2D eigenvalue weighted by atomic mass is 10.1. The van der Waals surface area contributed by atoms with Gasteiger partial charge in [0.15, 0.2) is 0 Å². The minimum atomic E-state index is -0.296. The summed E-state index contributed by atoms with van der Waals surface area (Å²) in [4.78, 5) is 15.2. The van der Waals surface area contributed by atoms with Crippen LogP contribution in [-0.4, -0.2) is 10.9 Å². The van der Waals surface area contributed by atoms with Gasteiger partial charge < -0.3 is 0 Å². The normalized spacial score (nSPS) is 10.1. The van der Waals surface area contributed by atoms with E-state index >= 15 is 0 Å². The molecule has 0 aliphatic rings. The number of benzene rings is 1. The number of carbonyl (C=O) groups is 1. The Morgan fingerprint density at radius 1 is 1.29 bits per heavy atom. The van der Waals surface area contributed by atoms with Crippen molar-refractivity contribution in [2.75, 3.05) is 0 Å². The van der Waals surface area contributed by atoms with Gasteiger partial charge in [0.1, 0.15) is 0 Å². The van der Waals surface area contributed by atoms with Gasteiger partial charge >= 0.3 is 0 Å². The highest BCUT2D eigenvalue weighted by Crippen LogP contribution is 2.13. The van der Waals surface area contributed by atoms with Crippen LogP contribution in [0.2, 0.25) is 0 Å². The predicted molar refractivity (Wildman–Crippen MR) is 53.4 cm³/mol. The zero-order valence-electron chi connectivity index (χ0n) is 7.40. The van der Waals surface area contributed by atoms with Crippen LogP contribution in [-0.2, 0) is 0 Å². The summed E-state index contributed by atoms with van der Waals surface area (Å²) < 4.78 is 0. The lowest BCUT2D eigenvalue weighted by molar-refractivity contribution is 0.0954. The second-order valence-corrected chi connectivity index (χ2v) is 2.91. The molecule has 70 valence electrons. The Hall–Kier alpha value is -1.94. The molecule has 0 aliphatic heterocycles. The van der Waals surface area contributed by atoms with Crippen LogP contribution in [0.15, 0.2) is 36.7 Å². The number of nitrogens with two attached hydrogens (primary N) is 1. The van der Waals surface area contributed by atoms with Gasteiger partial charge in [-0.25, -0.2) is 5.84 Å². The van der Waals surface area contributed by atoms with E-state index in [0.717, 1.165) is 10.8 Å². The Labute approximate surface area is 80.7 Å². The smallest absolute Gasteiger partial charge is 0.265 e. The van der Waals surface area contributed by atoms with Crippen molar-refractivity contribution < 1.29 is 4.79 Å². The van der Waals surface area contributed by atoms with Crippen molar-refractivity contribution in [1.29, 1.82) is 0 Å². The van der Waals surface area contributed by atoms with Crippen molar-refractivity contribution in [2.45, 2.75) is 0 Å². The first kappa shape index (κ1) is 8.65. The van der Waals surface area contributed by atoms with Crippen LogP contribution in [0.3, 0.4) is 0 Å². The van der Waals surface area contributed by atoms with Gasteiger partial charge in [0.05, 0.1) is 0 Å². The van der Waals surface area contributed by atoms with Crippen LogP contribution in [0.1, 0.15) is 10.4 Å². The maximum absolute atomic E-state index is 11.2. The number of nitrogens with one attached hydrogen (secondary N) is 1. The fourth-order valence-electron chi connectivity index (χ4n) is 1.31. The summed E-state index contributed by atoms with van der Waals surface area (Å²) >= 11 is 0. The van der Waals surface area contributed by atoms with Gasteiger partial charge in [-0.15, -0.1) is 0 Å². The average molecular weight is 187 g/mol. The molecule has 0 unspecified atom stereocenters. The topological polar surface area (TPSA) is 68.0 Å². The third-order valence-electron chi connectivity index (χ3n) is 2.03. The highest BCUT2D eigenvalue weighted by Gasteiger charge is 2.03. The van der Waals surface area contributed by atoms with Gasteiger partial charge in [-0.1, -0.05) is 6.07 Å². The molecule has 1 heterocycles. The van der Waals surface area contributed by atoms with E-state index in [1.54, 1.807) is 24.5 Å². The van der Waals surface area contributed by atoms with Gasteiger partial charge in [-0.2, -0.15) is 0 Å². The van der Waals surface area contributed by atoms with E-state index in [1.165, 1.54) is 0 Å². The molecule has 0 saturated carbocycles. The summed E-state index contributed by atoms with van der Waals surface area (Å²) in [7, 11) is 0. The summed E-state index contributed by atoms with van der Waals surface area (Å²) in [5.74, 6) is 4.74. The number of hydrogen-bond donors (Lipinski definition) is 2. The van der Waals surface area contributed by atoms with Crippen LogP contribution in [0.25, 0.3) is 10.8 Å². The molecular weight excluding hydrogens is 178 g/mol. The Morgan fingerprint density at radius 2 is 2.14 bits per heavy atom. The largest absolute Gasteiger partial charge is 0.290 e. The molecule has 4 nitrogen and oxygen atoms in total. The van der Waals surface area contributed by atoms with E-state index in [9.17, 15) is 4.79 Å². The van der Waals surface area contributed by atoms with Crippen molar-refractivity contribution in [2.24, 2.45) is 5.84 Å². The van der Waals surface area contributed by atoms with Crippen molar-refractivity contribution >= 4 is 16.7 Å². The summed E-state index contributed by atoms with van der Waals surface area (Å²) in [5.41, 5.74) is 2.62. The van der Waals surface area contributed by atoms with Gasteiger partial charge in [0.2, 0.25) is 0 Å². The molecule has 2 rings (SSSR count). The summed E-state index contributed by atoms with van der Waals surface area (Å²) in [5, 5.41) is 1.97. The van der Waals surface area contributed by atoms with Gasteiger partial charge in [0, 0.05) is 23.3 Å². The van der Waals surface area contributed by atoms with Crippen LogP contribution in [0.4, 0.5) is 0 Å². The maximum Gasteiger partial charge on any atom is 0.265 e. The molecule has 0 saturated heterocycles. The zero-order chi connectivity index (χ0) is 9.97. The minimum absolute atomic E-state index is 0.296. The molecule has 14 heavy (non-hydrogen) atoms. The number of hydrazine groups is 1. The molecule has 0 spiro atoms. The van der Waals surface area contributed by atoms with Gasteiger partial charge in [-0.3, -0.25) is 15.2 Å². The van der Waals surface area contributed by atoms with Crippen molar-refractivity contribution in [3.05, 3.63) is 42.2 Å². The van der Waals surface area contributed by atoms with E-state index in [1.807, 2.05) is 12.1 Å². The molecule has 1 aromatic carbocycles.